The first-order valence-corrected chi connectivity index (χ1v) is 11.7. The van der Waals surface area contributed by atoms with Crippen molar-refractivity contribution in [3.05, 3.63) is 47.3 Å². The number of ether oxygens (including phenoxy) is 1. The van der Waals surface area contributed by atoms with Gasteiger partial charge in [-0.1, -0.05) is 24.1 Å². The fourth-order valence-corrected chi connectivity index (χ4v) is 3.46. The minimum Gasteiger partial charge on any atom is -0.490 e. The minimum absolute atomic E-state index is 0.0308. The first-order valence-electron chi connectivity index (χ1n) is 11.7. The molecular weight excluding hydrogens is 418 g/mol. The van der Waals surface area contributed by atoms with E-state index in [1.165, 1.54) is 0 Å². The number of carboxylic acids is 1. The monoisotopic (exact) mass is 451 g/mol. The van der Waals surface area contributed by atoms with Crippen molar-refractivity contribution in [2.45, 2.75) is 78.0 Å². The topological polar surface area (TPSA) is 95.5 Å². The molecule has 1 heterocycles. The molecule has 33 heavy (non-hydrogen) atoms. The van der Waals surface area contributed by atoms with Crippen LogP contribution in [0.2, 0.25) is 0 Å². The van der Waals surface area contributed by atoms with Crippen LogP contribution in [0.1, 0.15) is 81.0 Å². The summed E-state index contributed by atoms with van der Waals surface area (Å²) in [5.41, 5.74) is 1.93. The van der Waals surface area contributed by atoms with Crippen molar-refractivity contribution in [1.29, 1.82) is 0 Å². The van der Waals surface area contributed by atoms with Crippen molar-refractivity contribution < 1.29 is 19.4 Å². The maximum absolute atomic E-state index is 13.2. The van der Waals surface area contributed by atoms with E-state index in [1.807, 2.05) is 45.0 Å². The highest BCUT2D eigenvalue weighted by Gasteiger charge is 2.23. The van der Waals surface area contributed by atoms with Crippen LogP contribution >= 0.6 is 0 Å². The minimum atomic E-state index is -0.772. The van der Waals surface area contributed by atoms with Gasteiger partial charge in [-0.05, 0) is 64.9 Å². The summed E-state index contributed by atoms with van der Waals surface area (Å²) in [4.78, 5) is 25.7. The number of nitrogens with zero attached hydrogens (tertiary/aromatic N) is 2. The number of carbonyl (C=O) groups excluding carboxylic acids is 1. The van der Waals surface area contributed by atoms with E-state index >= 15 is 0 Å². The first kappa shape index (κ1) is 24.4. The summed E-state index contributed by atoms with van der Waals surface area (Å²) in [6.07, 6.45) is 4.62. The number of carboxylic acid groups (broad SMARTS) is 1. The molecule has 0 unspecified atom stereocenters. The molecule has 0 bridgehead atoms. The second kappa shape index (κ2) is 11.6. The average molecular weight is 452 g/mol. The van der Waals surface area contributed by atoms with E-state index in [2.05, 4.69) is 22.0 Å². The standard InChI is InChI=1S/C26H33N3O4/c1-18(2)29(26(32)23-16-22(27-28-23)15-14-20-12-13-20)17-21-9-5-6-10-24(21)33-19(3)8-4-7-11-25(30)31/h5-6,9-10,16,18-20H,4,7-8,11-13,17H2,1-3H3,(H,27,28)(H,30,31)/t19-/m1/s1. The Hall–Kier alpha value is -3.27. The molecule has 1 fully saturated rings. The number of carbonyl (C=O) groups is 2. The van der Waals surface area contributed by atoms with Gasteiger partial charge in [0.25, 0.3) is 5.91 Å². The van der Waals surface area contributed by atoms with Crippen LogP contribution in [0, 0.1) is 17.8 Å². The second-order valence-corrected chi connectivity index (χ2v) is 8.91. The van der Waals surface area contributed by atoms with Gasteiger partial charge < -0.3 is 14.7 Å². The molecule has 1 aliphatic rings. The van der Waals surface area contributed by atoms with Gasteiger partial charge in [-0.15, -0.1) is 0 Å². The summed E-state index contributed by atoms with van der Waals surface area (Å²) in [7, 11) is 0. The zero-order chi connectivity index (χ0) is 23.8. The quantitative estimate of drug-likeness (QED) is 0.383. The molecule has 0 aliphatic heterocycles. The molecule has 1 amide bonds. The summed E-state index contributed by atoms with van der Waals surface area (Å²) < 4.78 is 6.16. The maximum atomic E-state index is 13.2. The molecular formula is C26H33N3O4. The van der Waals surface area contributed by atoms with Crippen LogP contribution < -0.4 is 4.74 Å². The molecule has 1 atom stereocenters. The molecule has 0 saturated heterocycles. The molecule has 1 aromatic carbocycles. The van der Waals surface area contributed by atoms with Gasteiger partial charge in [-0.3, -0.25) is 14.7 Å². The van der Waals surface area contributed by atoms with Gasteiger partial charge in [0.15, 0.2) is 5.69 Å². The number of rotatable bonds is 11. The van der Waals surface area contributed by atoms with Gasteiger partial charge >= 0.3 is 5.97 Å². The zero-order valence-corrected chi connectivity index (χ0v) is 19.6. The van der Waals surface area contributed by atoms with E-state index in [1.54, 1.807) is 11.0 Å². The fourth-order valence-electron chi connectivity index (χ4n) is 3.46. The predicted octanol–water partition coefficient (Wildman–Crippen LogP) is 4.63. The van der Waals surface area contributed by atoms with Crippen LogP contribution in [-0.4, -0.2) is 44.2 Å². The molecule has 1 aliphatic carbocycles. The lowest BCUT2D eigenvalue weighted by Crippen LogP contribution is -2.36. The van der Waals surface area contributed by atoms with Gasteiger partial charge in [-0.25, -0.2) is 0 Å². The van der Waals surface area contributed by atoms with Crippen molar-refractivity contribution in [1.82, 2.24) is 15.1 Å². The maximum Gasteiger partial charge on any atom is 0.303 e. The van der Waals surface area contributed by atoms with Gasteiger partial charge in [-0.2, -0.15) is 5.10 Å². The number of unbranched alkanes of at least 4 members (excludes halogenated alkanes) is 1. The van der Waals surface area contributed by atoms with Crippen LogP contribution in [0.15, 0.2) is 30.3 Å². The Labute approximate surface area is 195 Å². The number of aromatic nitrogens is 2. The number of para-hydroxylation sites is 1. The lowest BCUT2D eigenvalue weighted by atomic mass is 10.1. The molecule has 0 radical (unpaired) electrons. The van der Waals surface area contributed by atoms with Gasteiger partial charge in [0.05, 0.1) is 6.10 Å². The molecule has 0 spiro atoms. The van der Waals surface area contributed by atoms with E-state index in [0.29, 0.717) is 30.3 Å². The summed E-state index contributed by atoms with van der Waals surface area (Å²) in [6, 6.07) is 9.41. The number of benzene rings is 1. The van der Waals surface area contributed by atoms with Crippen LogP contribution in [0.5, 0.6) is 5.75 Å². The Morgan fingerprint density at radius 2 is 2.00 bits per heavy atom. The summed E-state index contributed by atoms with van der Waals surface area (Å²) in [5.74, 6) is 6.53. The van der Waals surface area contributed by atoms with Crippen LogP contribution in [0.25, 0.3) is 0 Å². The number of hydrogen-bond acceptors (Lipinski definition) is 4. The Balaban J connectivity index is 1.65. The van der Waals surface area contributed by atoms with Crippen molar-refractivity contribution in [2.24, 2.45) is 5.92 Å². The molecule has 1 aromatic heterocycles. The highest BCUT2D eigenvalue weighted by Crippen LogP contribution is 2.27. The van der Waals surface area contributed by atoms with Crippen LogP contribution in [-0.2, 0) is 11.3 Å². The summed E-state index contributed by atoms with van der Waals surface area (Å²) >= 11 is 0. The van der Waals surface area contributed by atoms with Gasteiger partial charge in [0.1, 0.15) is 11.4 Å². The van der Waals surface area contributed by atoms with E-state index in [4.69, 9.17) is 9.84 Å². The van der Waals surface area contributed by atoms with E-state index in [9.17, 15) is 9.59 Å². The third kappa shape index (κ3) is 7.67. The molecule has 7 nitrogen and oxygen atoms in total. The molecule has 176 valence electrons. The van der Waals surface area contributed by atoms with Crippen LogP contribution in [0.4, 0.5) is 0 Å². The first-order chi connectivity index (χ1) is 15.8. The Bertz CT molecular complexity index is 1010. The largest absolute Gasteiger partial charge is 0.490 e. The SMILES string of the molecule is CC(C)N(Cc1ccccc1O[C@H](C)CCCCC(=O)O)C(=O)c1cc(C#CC2CC2)[nH]n1. The van der Waals surface area contributed by atoms with Gasteiger partial charge in [0.2, 0.25) is 0 Å². The second-order valence-electron chi connectivity index (χ2n) is 8.91. The number of hydrogen-bond donors (Lipinski definition) is 2. The Morgan fingerprint density at radius 1 is 1.24 bits per heavy atom. The lowest BCUT2D eigenvalue weighted by Gasteiger charge is -2.27. The lowest BCUT2D eigenvalue weighted by molar-refractivity contribution is -0.137. The number of aromatic amines is 1. The Kier molecular flexibility index (Phi) is 8.53. The van der Waals surface area contributed by atoms with E-state index < -0.39 is 5.97 Å². The predicted molar refractivity (Wildman–Crippen MR) is 126 cm³/mol. The summed E-state index contributed by atoms with van der Waals surface area (Å²) in [5, 5.41) is 15.8. The van der Waals surface area contributed by atoms with Gasteiger partial charge in [0, 0.05) is 36.6 Å². The highest BCUT2D eigenvalue weighted by molar-refractivity contribution is 5.92. The van der Waals surface area contributed by atoms with Crippen molar-refractivity contribution in [2.75, 3.05) is 0 Å². The number of nitrogens with one attached hydrogen (secondary N) is 1. The third-order valence-corrected chi connectivity index (χ3v) is 5.56. The fraction of sp³-hybridized carbons (Fsp3) is 0.500. The average Bonchev–Trinajstić information content (AvgIpc) is 3.49. The molecule has 2 aromatic rings. The number of aliphatic carboxylic acids is 1. The normalized spacial score (nSPS) is 13.8. The smallest absolute Gasteiger partial charge is 0.303 e. The highest BCUT2D eigenvalue weighted by atomic mass is 16.5. The van der Waals surface area contributed by atoms with Crippen LogP contribution in [0.3, 0.4) is 0 Å². The molecule has 1 saturated carbocycles. The molecule has 3 rings (SSSR count). The van der Waals surface area contributed by atoms with E-state index in [-0.39, 0.29) is 24.5 Å². The zero-order valence-electron chi connectivity index (χ0n) is 19.6. The number of H-pyrrole nitrogens is 1. The van der Waals surface area contributed by atoms with E-state index in [0.717, 1.165) is 37.0 Å². The third-order valence-electron chi connectivity index (χ3n) is 5.56. The van der Waals surface area contributed by atoms with Crippen molar-refractivity contribution >= 4 is 11.9 Å². The molecule has 2 N–H and O–H groups in total. The Morgan fingerprint density at radius 3 is 2.70 bits per heavy atom. The van der Waals surface area contributed by atoms with Crippen molar-refractivity contribution in [3.8, 4) is 17.6 Å². The number of amides is 1. The molecule has 7 heteroatoms. The van der Waals surface area contributed by atoms with Crippen molar-refractivity contribution in [3.63, 3.8) is 0 Å². The summed E-state index contributed by atoms with van der Waals surface area (Å²) in [6.45, 7) is 6.34.